The average molecular weight is 444 g/mol. The molecule has 0 spiro atoms. The Kier molecular flexibility index (Phi) is 7.69. The number of ether oxygens (including phenoxy) is 1. The molecule has 4 heteroatoms. The molecule has 3 aromatic rings. The minimum Gasteiger partial charge on any atom is -0.508 e. The van der Waals surface area contributed by atoms with Crippen LogP contribution in [0.4, 0.5) is 0 Å². The molecule has 0 radical (unpaired) electrons. The smallest absolute Gasteiger partial charge is 0.119 e. The van der Waals surface area contributed by atoms with Gasteiger partial charge in [0.05, 0.1) is 0 Å². The molecule has 0 aliphatic carbocycles. The van der Waals surface area contributed by atoms with Gasteiger partial charge in [-0.25, -0.2) is 0 Å². The monoisotopic (exact) mass is 443 g/mol. The summed E-state index contributed by atoms with van der Waals surface area (Å²) < 4.78 is 6.01. The highest BCUT2D eigenvalue weighted by Crippen LogP contribution is 2.36. The Balaban J connectivity index is 1.65. The summed E-state index contributed by atoms with van der Waals surface area (Å²) in [6.07, 6.45) is 4.51. The molecular formula is C29H33NO3. The lowest BCUT2D eigenvalue weighted by Gasteiger charge is -2.18. The van der Waals surface area contributed by atoms with Crippen molar-refractivity contribution < 1.29 is 14.9 Å². The summed E-state index contributed by atoms with van der Waals surface area (Å²) in [4.78, 5) is 2.46. The molecule has 1 aliphatic heterocycles. The Morgan fingerprint density at radius 2 is 1.27 bits per heavy atom. The van der Waals surface area contributed by atoms with E-state index in [0.717, 1.165) is 47.4 Å². The van der Waals surface area contributed by atoms with Crippen molar-refractivity contribution in [3.63, 3.8) is 0 Å². The van der Waals surface area contributed by atoms with Crippen LogP contribution in [0.2, 0.25) is 0 Å². The molecule has 3 aromatic carbocycles. The van der Waals surface area contributed by atoms with Crippen LogP contribution in [-0.4, -0.2) is 41.4 Å². The lowest BCUT2D eigenvalue weighted by atomic mass is 9.87. The largest absolute Gasteiger partial charge is 0.508 e. The molecule has 1 aliphatic rings. The molecule has 0 saturated carbocycles. The first-order chi connectivity index (χ1) is 16.1. The van der Waals surface area contributed by atoms with E-state index in [1.807, 2.05) is 24.3 Å². The number of benzene rings is 3. The zero-order valence-corrected chi connectivity index (χ0v) is 19.3. The van der Waals surface area contributed by atoms with Crippen molar-refractivity contribution in [2.45, 2.75) is 32.6 Å². The van der Waals surface area contributed by atoms with Crippen LogP contribution in [0.3, 0.4) is 0 Å². The maximum absolute atomic E-state index is 9.81. The van der Waals surface area contributed by atoms with Crippen molar-refractivity contribution in [3.8, 4) is 17.2 Å². The molecule has 0 atom stereocenters. The topological polar surface area (TPSA) is 52.9 Å². The van der Waals surface area contributed by atoms with Crippen molar-refractivity contribution in [3.05, 3.63) is 89.5 Å². The minimum atomic E-state index is 0.247. The Morgan fingerprint density at radius 1 is 0.758 bits per heavy atom. The van der Waals surface area contributed by atoms with E-state index in [2.05, 4.69) is 36.1 Å². The first kappa shape index (κ1) is 22.9. The predicted molar refractivity (Wildman–Crippen MR) is 135 cm³/mol. The third-order valence-corrected chi connectivity index (χ3v) is 6.19. The third-order valence-electron chi connectivity index (χ3n) is 6.19. The Morgan fingerprint density at radius 3 is 1.79 bits per heavy atom. The van der Waals surface area contributed by atoms with Crippen molar-refractivity contribution in [1.82, 2.24) is 4.90 Å². The molecule has 4 nitrogen and oxygen atoms in total. The first-order valence-electron chi connectivity index (χ1n) is 11.9. The van der Waals surface area contributed by atoms with Gasteiger partial charge in [0.2, 0.25) is 0 Å². The number of nitrogens with zero attached hydrogens (tertiary/aromatic N) is 1. The van der Waals surface area contributed by atoms with Gasteiger partial charge in [-0.3, -0.25) is 4.90 Å². The van der Waals surface area contributed by atoms with E-state index in [1.54, 1.807) is 24.3 Å². The molecule has 1 fully saturated rings. The molecule has 33 heavy (non-hydrogen) atoms. The Bertz CT molecular complexity index is 1000. The first-order valence-corrected chi connectivity index (χ1v) is 11.9. The van der Waals surface area contributed by atoms with E-state index in [4.69, 9.17) is 4.74 Å². The zero-order chi connectivity index (χ0) is 23.0. The van der Waals surface area contributed by atoms with Crippen LogP contribution in [0.5, 0.6) is 17.2 Å². The van der Waals surface area contributed by atoms with Gasteiger partial charge in [0.25, 0.3) is 0 Å². The van der Waals surface area contributed by atoms with Gasteiger partial charge >= 0.3 is 0 Å². The van der Waals surface area contributed by atoms with Crippen molar-refractivity contribution in [1.29, 1.82) is 0 Å². The van der Waals surface area contributed by atoms with Crippen LogP contribution >= 0.6 is 0 Å². The van der Waals surface area contributed by atoms with Crippen LogP contribution in [0.15, 0.2) is 72.8 Å². The maximum Gasteiger partial charge on any atom is 0.119 e. The second kappa shape index (κ2) is 11.1. The number of likely N-dealkylation sites (tertiary alicyclic amines) is 1. The van der Waals surface area contributed by atoms with E-state index in [9.17, 15) is 10.2 Å². The predicted octanol–water partition coefficient (Wildman–Crippen LogP) is 6.33. The molecule has 172 valence electrons. The van der Waals surface area contributed by atoms with Crippen LogP contribution < -0.4 is 4.74 Å². The van der Waals surface area contributed by atoms with Crippen molar-refractivity contribution in [2.24, 2.45) is 0 Å². The maximum atomic E-state index is 9.81. The Hall–Kier alpha value is -3.24. The number of allylic oxidation sites excluding steroid dienone is 1. The summed E-state index contributed by atoms with van der Waals surface area (Å²) in [5, 5.41) is 19.6. The van der Waals surface area contributed by atoms with Crippen molar-refractivity contribution in [2.75, 3.05) is 26.2 Å². The van der Waals surface area contributed by atoms with Gasteiger partial charge < -0.3 is 14.9 Å². The summed E-state index contributed by atoms with van der Waals surface area (Å²) in [5.41, 5.74) is 5.57. The average Bonchev–Trinajstić information content (AvgIpc) is 3.35. The van der Waals surface area contributed by atoms with Crippen molar-refractivity contribution >= 4 is 11.1 Å². The molecule has 0 unspecified atom stereocenters. The van der Waals surface area contributed by atoms with Crippen LogP contribution in [0.1, 0.15) is 49.3 Å². The van der Waals surface area contributed by atoms with E-state index >= 15 is 0 Å². The molecule has 0 bridgehead atoms. The summed E-state index contributed by atoms with van der Waals surface area (Å²) in [5.74, 6) is 1.39. The normalized spacial score (nSPS) is 13.7. The third kappa shape index (κ3) is 5.96. The van der Waals surface area contributed by atoms with Gasteiger partial charge in [-0.05, 0) is 96.6 Å². The molecule has 0 amide bonds. The highest BCUT2D eigenvalue weighted by atomic mass is 16.5. The van der Waals surface area contributed by atoms with Crippen LogP contribution in [-0.2, 0) is 0 Å². The standard InChI is InChI=1S/C29H33NO3/c1-2-5-28(22-10-16-27(17-11-22)33-21-20-30-18-3-4-19-30)29(23-6-12-25(31)13-7-23)24-8-14-26(32)15-9-24/h6-17,31-32H,2-5,18-21H2,1H3. The fourth-order valence-electron chi connectivity index (χ4n) is 4.49. The van der Waals surface area contributed by atoms with E-state index in [0.29, 0.717) is 6.61 Å². The minimum absolute atomic E-state index is 0.247. The van der Waals surface area contributed by atoms with Crippen LogP contribution in [0, 0.1) is 0 Å². The molecule has 1 heterocycles. The van der Waals surface area contributed by atoms with E-state index in [1.165, 1.54) is 31.5 Å². The van der Waals surface area contributed by atoms with Gasteiger partial charge in [0.15, 0.2) is 0 Å². The summed E-state index contributed by atoms with van der Waals surface area (Å²) in [6.45, 7) is 6.24. The fourth-order valence-corrected chi connectivity index (χ4v) is 4.49. The summed E-state index contributed by atoms with van der Waals surface area (Å²) >= 11 is 0. The molecule has 0 aromatic heterocycles. The van der Waals surface area contributed by atoms with E-state index in [-0.39, 0.29) is 11.5 Å². The van der Waals surface area contributed by atoms with Gasteiger partial charge in [0, 0.05) is 6.54 Å². The number of phenolic OH excluding ortho intramolecular Hbond substituents is 2. The van der Waals surface area contributed by atoms with Crippen LogP contribution in [0.25, 0.3) is 11.1 Å². The summed E-state index contributed by atoms with van der Waals surface area (Å²) in [6, 6.07) is 23.0. The summed E-state index contributed by atoms with van der Waals surface area (Å²) in [7, 11) is 0. The fraction of sp³-hybridized carbons (Fsp3) is 0.310. The van der Waals surface area contributed by atoms with Gasteiger partial charge in [-0.1, -0.05) is 49.7 Å². The second-order valence-corrected chi connectivity index (χ2v) is 8.62. The quantitative estimate of drug-likeness (QED) is 0.379. The number of aromatic hydroxyl groups is 2. The van der Waals surface area contributed by atoms with Gasteiger partial charge in [0.1, 0.15) is 23.9 Å². The van der Waals surface area contributed by atoms with E-state index < -0.39 is 0 Å². The van der Waals surface area contributed by atoms with Gasteiger partial charge in [-0.2, -0.15) is 0 Å². The highest BCUT2D eigenvalue weighted by molar-refractivity contribution is 5.98. The number of rotatable bonds is 9. The molecule has 1 saturated heterocycles. The lowest BCUT2D eigenvalue weighted by molar-refractivity contribution is 0.238. The number of phenols is 2. The zero-order valence-electron chi connectivity index (χ0n) is 19.3. The molecular weight excluding hydrogens is 410 g/mol. The molecule has 2 N–H and O–H groups in total. The Labute approximate surface area is 196 Å². The number of hydrogen-bond donors (Lipinski definition) is 2. The molecule has 4 rings (SSSR count). The van der Waals surface area contributed by atoms with Gasteiger partial charge in [-0.15, -0.1) is 0 Å². The number of hydrogen-bond acceptors (Lipinski definition) is 4. The highest BCUT2D eigenvalue weighted by Gasteiger charge is 2.15. The second-order valence-electron chi connectivity index (χ2n) is 8.62. The SMILES string of the molecule is CCCC(=C(c1ccc(O)cc1)c1ccc(O)cc1)c1ccc(OCCN2CCCC2)cc1. The lowest BCUT2D eigenvalue weighted by Crippen LogP contribution is -2.25.